The molecule has 58 valence electrons. The van der Waals surface area contributed by atoms with Crippen LogP contribution in [0.25, 0.3) is 6.08 Å². The molecule has 5 heteroatoms. The van der Waals surface area contributed by atoms with Crippen molar-refractivity contribution in [2.24, 2.45) is 4.99 Å². The molecule has 2 N–H and O–H groups in total. The summed E-state index contributed by atoms with van der Waals surface area (Å²) in [4.78, 5) is 4.75. The first-order chi connectivity index (χ1) is 5.29. The Kier molecular flexibility index (Phi) is 2.00. The van der Waals surface area contributed by atoms with Crippen LogP contribution in [0.1, 0.15) is 12.6 Å². The molecule has 5 nitrogen and oxygen atoms in total. The van der Waals surface area contributed by atoms with Crippen molar-refractivity contribution in [2.75, 3.05) is 5.84 Å². The molecule has 0 radical (unpaired) electrons. The number of allylic oxidation sites excluding steroid dienone is 1. The maximum Gasteiger partial charge on any atom is 0.200 e. The van der Waals surface area contributed by atoms with Crippen molar-refractivity contribution in [3.05, 3.63) is 11.8 Å². The number of hydrogen-bond acceptors (Lipinski definition) is 4. The predicted molar refractivity (Wildman–Crippen MR) is 44.1 cm³/mol. The van der Waals surface area contributed by atoms with Gasteiger partial charge in [0.05, 0.1) is 0 Å². The summed E-state index contributed by atoms with van der Waals surface area (Å²) in [7, 11) is 0. The number of nitrogen functional groups attached to an aromatic ring is 1. The van der Waals surface area contributed by atoms with Gasteiger partial charge in [-0.25, -0.2) is 4.99 Å². The minimum Gasteiger partial charge on any atom is -0.320 e. The third-order valence-electron chi connectivity index (χ3n) is 1.17. The van der Waals surface area contributed by atoms with Gasteiger partial charge in [-0.1, -0.05) is 6.08 Å². The van der Waals surface area contributed by atoms with E-state index in [1.54, 1.807) is 6.08 Å². The summed E-state index contributed by atoms with van der Waals surface area (Å²) in [6, 6.07) is 0. The number of aliphatic imine (C=N–C) groups is 1. The van der Waals surface area contributed by atoms with E-state index in [-0.39, 0.29) is 0 Å². The van der Waals surface area contributed by atoms with Crippen LogP contribution in [-0.4, -0.2) is 21.8 Å². The van der Waals surface area contributed by atoms with Crippen molar-refractivity contribution in [3.63, 3.8) is 0 Å². The van der Waals surface area contributed by atoms with E-state index in [9.17, 15) is 0 Å². The molecule has 0 bridgehead atoms. The summed E-state index contributed by atoms with van der Waals surface area (Å²) in [6.45, 7) is 5.22. The van der Waals surface area contributed by atoms with Crippen LogP contribution >= 0.6 is 0 Å². The topological polar surface area (TPSA) is 69.1 Å². The van der Waals surface area contributed by atoms with Crippen LogP contribution < -0.4 is 5.84 Å². The van der Waals surface area contributed by atoms with Crippen LogP contribution in [-0.2, 0) is 0 Å². The Hall–Kier alpha value is -1.65. The summed E-state index contributed by atoms with van der Waals surface area (Å²) >= 11 is 0. The third-order valence-corrected chi connectivity index (χ3v) is 1.17. The number of rotatable bonds is 2. The molecule has 1 aromatic rings. The van der Waals surface area contributed by atoms with Crippen LogP contribution in [0.2, 0.25) is 0 Å². The molecular weight excluding hydrogens is 142 g/mol. The molecule has 0 fully saturated rings. The standard InChI is InChI=1S/C6H9N5/c1-3-4-5-6(8-2)11(7)10-9-5/h3-4H,2,7H2,1H3/b4-3-. The molecule has 0 atom stereocenters. The van der Waals surface area contributed by atoms with Gasteiger partial charge in [0.15, 0.2) is 5.82 Å². The van der Waals surface area contributed by atoms with Gasteiger partial charge in [-0.05, 0) is 24.9 Å². The Labute approximate surface area is 64.2 Å². The van der Waals surface area contributed by atoms with Crippen LogP contribution in [0.15, 0.2) is 11.1 Å². The van der Waals surface area contributed by atoms with Gasteiger partial charge >= 0.3 is 0 Å². The van der Waals surface area contributed by atoms with Crippen molar-refractivity contribution >= 4 is 18.6 Å². The minimum atomic E-state index is 0.475. The van der Waals surface area contributed by atoms with Crippen LogP contribution in [0.3, 0.4) is 0 Å². The lowest BCUT2D eigenvalue weighted by Gasteiger charge is -1.90. The van der Waals surface area contributed by atoms with E-state index in [1.807, 2.05) is 13.0 Å². The van der Waals surface area contributed by atoms with Gasteiger partial charge in [-0.15, -0.1) is 9.89 Å². The number of aromatic nitrogens is 3. The van der Waals surface area contributed by atoms with Crippen molar-refractivity contribution in [2.45, 2.75) is 6.92 Å². The zero-order valence-corrected chi connectivity index (χ0v) is 6.23. The van der Waals surface area contributed by atoms with Gasteiger partial charge in [0, 0.05) is 0 Å². The molecule has 0 amide bonds. The molecule has 1 heterocycles. The van der Waals surface area contributed by atoms with Crippen molar-refractivity contribution < 1.29 is 0 Å². The quantitative estimate of drug-likeness (QED) is 0.490. The maximum atomic E-state index is 5.36. The van der Waals surface area contributed by atoms with Crippen molar-refractivity contribution in [1.29, 1.82) is 0 Å². The zero-order valence-electron chi connectivity index (χ0n) is 6.23. The van der Waals surface area contributed by atoms with Crippen LogP contribution in [0.4, 0.5) is 5.82 Å². The zero-order chi connectivity index (χ0) is 8.27. The Morgan fingerprint density at radius 2 is 2.45 bits per heavy atom. The van der Waals surface area contributed by atoms with E-state index < -0.39 is 0 Å². The SMILES string of the molecule is C=Nc1c(/C=C\C)nnn1N. The van der Waals surface area contributed by atoms with E-state index in [4.69, 9.17) is 5.84 Å². The van der Waals surface area contributed by atoms with Crippen molar-refractivity contribution in [3.8, 4) is 0 Å². The third kappa shape index (κ3) is 1.26. The van der Waals surface area contributed by atoms with Gasteiger partial charge in [0.25, 0.3) is 0 Å². The fourth-order valence-corrected chi connectivity index (χ4v) is 0.720. The van der Waals surface area contributed by atoms with E-state index in [2.05, 4.69) is 22.0 Å². The molecule has 0 aromatic carbocycles. The Bertz CT molecular complexity index is 285. The van der Waals surface area contributed by atoms with E-state index in [0.717, 1.165) is 4.79 Å². The lowest BCUT2D eigenvalue weighted by atomic mass is 10.4. The average molecular weight is 151 g/mol. The minimum absolute atomic E-state index is 0.475. The molecule has 0 unspecified atom stereocenters. The van der Waals surface area contributed by atoms with E-state index in [1.165, 1.54) is 0 Å². The molecular formula is C6H9N5. The second kappa shape index (κ2) is 2.96. The molecule has 0 saturated heterocycles. The number of hydrogen-bond donors (Lipinski definition) is 1. The first-order valence-corrected chi connectivity index (χ1v) is 3.09. The van der Waals surface area contributed by atoms with E-state index in [0.29, 0.717) is 11.5 Å². The Morgan fingerprint density at radius 1 is 1.73 bits per heavy atom. The maximum absolute atomic E-state index is 5.36. The van der Waals surface area contributed by atoms with E-state index >= 15 is 0 Å². The largest absolute Gasteiger partial charge is 0.320 e. The molecule has 0 aliphatic heterocycles. The van der Waals surface area contributed by atoms with Gasteiger partial charge < -0.3 is 5.84 Å². The highest BCUT2D eigenvalue weighted by molar-refractivity contribution is 5.58. The monoisotopic (exact) mass is 151 g/mol. The highest BCUT2D eigenvalue weighted by Gasteiger charge is 2.04. The molecule has 0 aliphatic carbocycles. The normalized spacial score (nSPS) is 10.6. The first kappa shape index (κ1) is 7.46. The van der Waals surface area contributed by atoms with Crippen molar-refractivity contribution in [1.82, 2.24) is 15.1 Å². The Balaban J connectivity index is 3.15. The van der Waals surface area contributed by atoms with Gasteiger partial charge in [0.2, 0.25) is 0 Å². The second-order valence-corrected chi connectivity index (χ2v) is 1.90. The summed E-state index contributed by atoms with van der Waals surface area (Å²) in [5, 5.41) is 7.31. The number of nitrogens with zero attached hydrogens (tertiary/aromatic N) is 4. The van der Waals surface area contributed by atoms with Crippen LogP contribution in [0, 0.1) is 0 Å². The highest BCUT2D eigenvalue weighted by Crippen LogP contribution is 2.13. The fraction of sp³-hybridized carbons (Fsp3) is 0.167. The fourth-order valence-electron chi connectivity index (χ4n) is 0.720. The van der Waals surface area contributed by atoms with Gasteiger partial charge in [-0.2, -0.15) is 0 Å². The first-order valence-electron chi connectivity index (χ1n) is 3.09. The average Bonchev–Trinajstić information content (AvgIpc) is 2.33. The number of nitrogens with two attached hydrogens (primary N) is 1. The lowest BCUT2D eigenvalue weighted by Crippen LogP contribution is -2.09. The predicted octanol–water partition coefficient (Wildman–Crippen LogP) is 0.357. The smallest absolute Gasteiger partial charge is 0.200 e. The Morgan fingerprint density at radius 3 is 3.00 bits per heavy atom. The lowest BCUT2D eigenvalue weighted by molar-refractivity contribution is 0.767. The summed E-state index contributed by atoms with van der Waals surface area (Å²) in [6.07, 6.45) is 3.60. The highest BCUT2D eigenvalue weighted by atomic mass is 15.6. The van der Waals surface area contributed by atoms with Gasteiger partial charge in [-0.3, -0.25) is 0 Å². The molecule has 0 saturated carbocycles. The summed E-state index contributed by atoms with van der Waals surface area (Å²) in [5.41, 5.74) is 0.630. The van der Waals surface area contributed by atoms with Gasteiger partial charge in [0.1, 0.15) is 5.69 Å². The molecule has 0 aliphatic rings. The summed E-state index contributed by atoms with van der Waals surface area (Å²) in [5.74, 6) is 5.83. The molecule has 1 aromatic heterocycles. The summed E-state index contributed by atoms with van der Waals surface area (Å²) < 4.78 is 0. The molecule has 1 rings (SSSR count). The second-order valence-electron chi connectivity index (χ2n) is 1.90. The molecule has 11 heavy (non-hydrogen) atoms. The molecule has 0 spiro atoms. The van der Waals surface area contributed by atoms with Crippen LogP contribution in [0.5, 0.6) is 0 Å².